The monoisotopic (exact) mass is 386 g/mol. The summed E-state index contributed by atoms with van der Waals surface area (Å²) < 4.78 is 0. The maximum absolute atomic E-state index is 13.0. The number of carbonyl (C=O) groups excluding carboxylic acids is 1. The maximum atomic E-state index is 13.0. The summed E-state index contributed by atoms with van der Waals surface area (Å²) in [6.45, 7) is 5.66. The lowest BCUT2D eigenvalue weighted by Crippen LogP contribution is -2.48. The summed E-state index contributed by atoms with van der Waals surface area (Å²) >= 11 is 1.60. The molecule has 8 heteroatoms. The first kappa shape index (κ1) is 18.3. The van der Waals surface area contributed by atoms with E-state index in [0.29, 0.717) is 5.82 Å². The molecule has 7 nitrogen and oxygen atoms in total. The zero-order valence-electron chi connectivity index (χ0n) is 15.9. The summed E-state index contributed by atoms with van der Waals surface area (Å²) in [5.41, 5.74) is 0.917. The van der Waals surface area contributed by atoms with Gasteiger partial charge in [-0.15, -0.1) is 11.3 Å². The minimum atomic E-state index is -0.0434. The molecule has 2 aromatic heterocycles. The summed E-state index contributed by atoms with van der Waals surface area (Å²) in [5.74, 6) is 1.67. The molecule has 0 unspecified atom stereocenters. The summed E-state index contributed by atoms with van der Waals surface area (Å²) in [6.07, 6.45) is 7.02. The van der Waals surface area contributed by atoms with Gasteiger partial charge in [-0.2, -0.15) is 0 Å². The second kappa shape index (κ2) is 7.90. The fourth-order valence-electron chi connectivity index (χ4n) is 3.95. The average molecular weight is 387 g/mol. The second-order valence-electron chi connectivity index (χ2n) is 7.32. The number of amides is 1. The Balaban J connectivity index is 1.55. The number of aromatic nitrogens is 3. The SMILES string of the molecule is Cc1nc(Nc2ncc(C)s2)cc([C@@H]2CCCN2C(=O)[C@@H]2CCCCN2)n1. The highest BCUT2D eigenvalue weighted by Gasteiger charge is 2.35. The summed E-state index contributed by atoms with van der Waals surface area (Å²) in [4.78, 5) is 29.7. The molecule has 2 N–H and O–H groups in total. The number of nitrogens with zero attached hydrogens (tertiary/aromatic N) is 4. The van der Waals surface area contributed by atoms with Crippen molar-refractivity contribution < 1.29 is 4.79 Å². The Morgan fingerprint density at radius 3 is 2.89 bits per heavy atom. The number of carbonyl (C=O) groups is 1. The lowest BCUT2D eigenvalue weighted by Gasteiger charge is -2.31. The topological polar surface area (TPSA) is 83.0 Å². The molecule has 0 aromatic carbocycles. The van der Waals surface area contributed by atoms with Gasteiger partial charge >= 0.3 is 0 Å². The predicted molar refractivity (Wildman–Crippen MR) is 106 cm³/mol. The van der Waals surface area contributed by atoms with Crippen LogP contribution < -0.4 is 10.6 Å². The zero-order chi connectivity index (χ0) is 18.8. The highest BCUT2D eigenvalue weighted by Crippen LogP contribution is 2.33. The third-order valence-corrected chi connectivity index (χ3v) is 6.03. The van der Waals surface area contributed by atoms with Gasteiger partial charge in [0.1, 0.15) is 11.6 Å². The van der Waals surface area contributed by atoms with Gasteiger partial charge in [0.15, 0.2) is 5.13 Å². The van der Waals surface area contributed by atoms with E-state index < -0.39 is 0 Å². The highest BCUT2D eigenvalue weighted by molar-refractivity contribution is 7.15. The van der Waals surface area contributed by atoms with E-state index in [9.17, 15) is 4.79 Å². The van der Waals surface area contributed by atoms with Crippen LogP contribution in [0, 0.1) is 13.8 Å². The van der Waals surface area contributed by atoms with Crippen molar-refractivity contribution in [3.8, 4) is 0 Å². The van der Waals surface area contributed by atoms with E-state index in [1.54, 1.807) is 11.3 Å². The molecule has 27 heavy (non-hydrogen) atoms. The summed E-state index contributed by atoms with van der Waals surface area (Å²) in [7, 11) is 0. The van der Waals surface area contributed by atoms with E-state index in [0.717, 1.165) is 66.7 Å². The molecule has 2 fully saturated rings. The fraction of sp³-hybridized carbons (Fsp3) is 0.579. The minimum absolute atomic E-state index is 0.0292. The van der Waals surface area contributed by atoms with Crippen LogP contribution in [-0.4, -0.2) is 44.9 Å². The third-order valence-electron chi connectivity index (χ3n) is 5.20. The number of hydrogen-bond donors (Lipinski definition) is 2. The van der Waals surface area contributed by atoms with Crippen molar-refractivity contribution in [1.82, 2.24) is 25.2 Å². The first-order valence-electron chi connectivity index (χ1n) is 9.69. The van der Waals surface area contributed by atoms with Crippen LogP contribution in [0.2, 0.25) is 0 Å². The standard InChI is InChI=1S/C19H26N6OS/c1-12-11-21-19(27-12)24-17-10-15(22-13(2)23-17)16-7-5-9-25(16)18(26)14-6-3-4-8-20-14/h10-11,14,16,20H,3-9H2,1-2H3,(H,21,22,23,24)/t14-,16-/m0/s1. The maximum Gasteiger partial charge on any atom is 0.240 e. The molecule has 4 rings (SSSR count). The Morgan fingerprint density at radius 2 is 2.15 bits per heavy atom. The number of likely N-dealkylation sites (tertiary alicyclic amines) is 1. The molecule has 4 heterocycles. The number of anilines is 2. The highest BCUT2D eigenvalue weighted by atomic mass is 32.1. The van der Waals surface area contributed by atoms with Crippen LogP contribution >= 0.6 is 11.3 Å². The molecule has 0 aliphatic carbocycles. The first-order chi connectivity index (χ1) is 13.1. The third kappa shape index (κ3) is 4.11. The number of hydrogen-bond acceptors (Lipinski definition) is 7. The molecule has 2 atom stereocenters. The van der Waals surface area contributed by atoms with E-state index in [-0.39, 0.29) is 18.0 Å². The molecule has 1 amide bonds. The first-order valence-corrected chi connectivity index (χ1v) is 10.5. The van der Waals surface area contributed by atoms with Gasteiger partial charge in [0, 0.05) is 23.7 Å². The molecule has 2 aliphatic heterocycles. The van der Waals surface area contributed by atoms with Gasteiger partial charge in [0.05, 0.1) is 17.8 Å². The Morgan fingerprint density at radius 1 is 1.26 bits per heavy atom. The van der Waals surface area contributed by atoms with Gasteiger partial charge in [-0.3, -0.25) is 4.79 Å². The van der Waals surface area contributed by atoms with Gasteiger partial charge < -0.3 is 15.5 Å². The number of piperidine rings is 1. The molecule has 2 aliphatic rings. The summed E-state index contributed by atoms with van der Waals surface area (Å²) in [6, 6.07) is 1.95. The van der Waals surface area contributed by atoms with Gasteiger partial charge in [-0.1, -0.05) is 6.42 Å². The van der Waals surface area contributed by atoms with Gasteiger partial charge in [-0.25, -0.2) is 15.0 Å². The molecule has 2 saturated heterocycles. The molecular weight excluding hydrogens is 360 g/mol. The van der Waals surface area contributed by atoms with Crippen molar-refractivity contribution >= 4 is 28.2 Å². The molecular formula is C19H26N6OS. The molecule has 0 bridgehead atoms. The van der Waals surface area contributed by atoms with Crippen LogP contribution in [0.3, 0.4) is 0 Å². The molecule has 0 saturated carbocycles. The van der Waals surface area contributed by atoms with E-state index in [1.165, 1.54) is 0 Å². The van der Waals surface area contributed by atoms with E-state index >= 15 is 0 Å². The number of rotatable bonds is 4. The lowest BCUT2D eigenvalue weighted by atomic mass is 10.0. The van der Waals surface area contributed by atoms with Crippen molar-refractivity contribution in [2.45, 2.75) is 58.0 Å². The normalized spacial score (nSPS) is 22.8. The van der Waals surface area contributed by atoms with Crippen molar-refractivity contribution in [3.63, 3.8) is 0 Å². The Kier molecular flexibility index (Phi) is 5.36. The van der Waals surface area contributed by atoms with Gasteiger partial charge in [0.25, 0.3) is 0 Å². The van der Waals surface area contributed by atoms with Crippen molar-refractivity contribution in [2.75, 3.05) is 18.4 Å². The molecule has 0 radical (unpaired) electrons. The number of thiazole rings is 1. The van der Waals surface area contributed by atoms with Crippen LogP contribution in [-0.2, 0) is 4.79 Å². The van der Waals surface area contributed by atoms with Crippen LogP contribution in [0.5, 0.6) is 0 Å². The van der Waals surface area contributed by atoms with Gasteiger partial charge in [0.2, 0.25) is 5.91 Å². The van der Waals surface area contributed by atoms with Crippen LogP contribution in [0.4, 0.5) is 10.9 Å². The largest absolute Gasteiger partial charge is 0.333 e. The Bertz CT molecular complexity index is 816. The van der Waals surface area contributed by atoms with Crippen LogP contribution in [0.25, 0.3) is 0 Å². The van der Waals surface area contributed by atoms with E-state index in [4.69, 9.17) is 0 Å². The van der Waals surface area contributed by atoms with Crippen molar-refractivity contribution in [1.29, 1.82) is 0 Å². The lowest BCUT2D eigenvalue weighted by molar-refractivity contribution is -0.135. The molecule has 2 aromatic rings. The average Bonchev–Trinajstić information content (AvgIpc) is 3.30. The van der Waals surface area contributed by atoms with E-state index in [1.807, 2.05) is 31.0 Å². The molecule has 144 valence electrons. The quantitative estimate of drug-likeness (QED) is 0.840. The minimum Gasteiger partial charge on any atom is -0.333 e. The number of aryl methyl sites for hydroxylation is 2. The zero-order valence-corrected chi connectivity index (χ0v) is 16.7. The number of nitrogens with one attached hydrogen (secondary N) is 2. The molecule has 0 spiro atoms. The summed E-state index contributed by atoms with van der Waals surface area (Å²) in [5, 5.41) is 7.48. The fourth-order valence-corrected chi connectivity index (χ4v) is 4.62. The van der Waals surface area contributed by atoms with Gasteiger partial charge in [-0.05, 0) is 46.1 Å². The van der Waals surface area contributed by atoms with Crippen molar-refractivity contribution in [3.05, 3.63) is 28.7 Å². The van der Waals surface area contributed by atoms with Crippen molar-refractivity contribution in [2.24, 2.45) is 0 Å². The Labute approximate surface area is 163 Å². The van der Waals surface area contributed by atoms with Crippen LogP contribution in [0.15, 0.2) is 12.3 Å². The smallest absolute Gasteiger partial charge is 0.240 e. The van der Waals surface area contributed by atoms with E-state index in [2.05, 4.69) is 25.6 Å². The Hall–Kier alpha value is -2.06. The second-order valence-corrected chi connectivity index (χ2v) is 8.55. The predicted octanol–water partition coefficient (Wildman–Crippen LogP) is 3.10. The van der Waals surface area contributed by atoms with Crippen LogP contribution in [0.1, 0.15) is 54.5 Å².